The summed E-state index contributed by atoms with van der Waals surface area (Å²) < 4.78 is 0. The summed E-state index contributed by atoms with van der Waals surface area (Å²) in [6.07, 6.45) is 2.44. The number of carboxylic acids is 1. The molecular formula is C11H17N3O2. The molecule has 0 aromatic carbocycles. The summed E-state index contributed by atoms with van der Waals surface area (Å²) in [6, 6.07) is 3.45. The van der Waals surface area contributed by atoms with Gasteiger partial charge < -0.3 is 15.3 Å². The van der Waals surface area contributed by atoms with Gasteiger partial charge in [-0.3, -0.25) is 0 Å². The van der Waals surface area contributed by atoms with Gasteiger partial charge in [0.1, 0.15) is 0 Å². The number of carbonyl (C=O) groups is 1. The molecule has 5 nitrogen and oxygen atoms in total. The van der Waals surface area contributed by atoms with E-state index in [4.69, 9.17) is 5.11 Å². The lowest BCUT2D eigenvalue weighted by molar-refractivity contribution is 0.0691. The first kappa shape index (κ1) is 12.4. The summed E-state index contributed by atoms with van der Waals surface area (Å²) in [4.78, 5) is 16.8. The lowest BCUT2D eigenvalue weighted by Gasteiger charge is -2.11. The van der Waals surface area contributed by atoms with Crippen molar-refractivity contribution in [3.8, 4) is 0 Å². The number of hydrogen-bond acceptors (Lipinski definition) is 4. The molecule has 0 unspecified atom stereocenters. The van der Waals surface area contributed by atoms with Crippen molar-refractivity contribution >= 4 is 11.7 Å². The summed E-state index contributed by atoms with van der Waals surface area (Å²) in [7, 11) is 4.01. The maximum Gasteiger partial charge on any atom is 0.356 e. The minimum Gasteiger partial charge on any atom is -0.476 e. The van der Waals surface area contributed by atoms with Crippen molar-refractivity contribution < 1.29 is 9.90 Å². The van der Waals surface area contributed by atoms with E-state index in [0.717, 1.165) is 19.5 Å². The Morgan fingerprint density at radius 2 is 2.31 bits per heavy atom. The van der Waals surface area contributed by atoms with E-state index >= 15 is 0 Å². The van der Waals surface area contributed by atoms with Gasteiger partial charge in [0.25, 0.3) is 0 Å². The van der Waals surface area contributed by atoms with E-state index in [9.17, 15) is 4.79 Å². The zero-order valence-corrected chi connectivity index (χ0v) is 9.60. The number of hydrogen-bond donors (Lipinski definition) is 2. The van der Waals surface area contributed by atoms with E-state index in [1.54, 1.807) is 12.1 Å². The standard InChI is InChI=1S/C11H17N3O2/c1-14(2)8-4-7-12-9-5-3-6-13-10(9)11(15)16/h3,5-6,12H,4,7-8H2,1-2H3,(H,15,16). The van der Waals surface area contributed by atoms with E-state index in [2.05, 4.69) is 15.2 Å². The molecule has 0 radical (unpaired) electrons. The summed E-state index contributed by atoms with van der Waals surface area (Å²) in [6.45, 7) is 1.71. The zero-order chi connectivity index (χ0) is 12.0. The molecule has 0 aliphatic rings. The fraction of sp³-hybridized carbons (Fsp3) is 0.455. The van der Waals surface area contributed by atoms with Gasteiger partial charge in [0.2, 0.25) is 0 Å². The number of rotatable bonds is 6. The molecule has 0 fully saturated rings. The van der Waals surface area contributed by atoms with Gasteiger partial charge in [0.05, 0.1) is 5.69 Å². The van der Waals surface area contributed by atoms with Crippen molar-refractivity contribution in [3.63, 3.8) is 0 Å². The molecule has 2 N–H and O–H groups in total. The minimum atomic E-state index is -1.00. The molecule has 0 bridgehead atoms. The Balaban J connectivity index is 2.50. The number of anilines is 1. The second kappa shape index (κ2) is 6.07. The third-order valence-electron chi connectivity index (χ3n) is 2.11. The molecule has 0 amide bonds. The average molecular weight is 223 g/mol. The number of aromatic carboxylic acids is 1. The second-order valence-corrected chi connectivity index (χ2v) is 3.79. The summed E-state index contributed by atoms with van der Waals surface area (Å²) in [5, 5.41) is 12.0. The normalized spacial score (nSPS) is 10.4. The Kier molecular flexibility index (Phi) is 4.72. The van der Waals surface area contributed by atoms with Gasteiger partial charge in [-0.05, 0) is 39.2 Å². The van der Waals surface area contributed by atoms with Gasteiger partial charge in [-0.2, -0.15) is 0 Å². The summed E-state index contributed by atoms with van der Waals surface area (Å²) >= 11 is 0. The fourth-order valence-electron chi connectivity index (χ4n) is 1.34. The van der Waals surface area contributed by atoms with Gasteiger partial charge in [0.15, 0.2) is 5.69 Å². The van der Waals surface area contributed by atoms with Gasteiger partial charge >= 0.3 is 5.97 Å². The molecule has 1 rings (SSSR count). The lowest BCUT2D eigenvalue weighted by Crippen LogP contribution is -2.17. The minimum absolute atomic E-state index is 0.0763. The van der Waals surface area contributed by atoms with Gasteiger partial charge in [-0.25, -0.2) is 9.78 Å². The summed E-state index contributed by atoms with van der Waals surface area (Å²) in [5.41, 5.74) is 0.654. The van der Waals surface area contributed by atoms with Crippen LogP contribution < -0.4 is 5.32 Å². The van der Waals surface area contributed by atoms with Gasteiger partial charge in [-0.1, -0.05) is 0 Å². The first-order valence-electron chi connectivity index (χ1n) is 5.18. The maximum atomic E-state index is 10.9. The highest BCUT2D eigenvalue weighted by molar-refractivity contribution is 5.91. The molecular weight excluding hydrogens is 206 g/mol. The van der Waals surface area contributed by atoms with Crippen LogP contribution >= 0.6 is 0 Å². The third kappa shape index (κ3) is 3.86. The Hall–Kier alpha value is -1.62. The van der Waals surface area contributed by atoms with Crippen LogP contribution in [0.5, 0.6) is 0 Å². The molecule has 0 aliphatic heterocycles. The zero-order valence-electron chi connectivity index (χ0n) is 9.60. The van der Waals surface area contributed by atoms with Crippen molar-refractivity contribution in [3.05, 3.63) is 24.0 Å². The topological polar surface area (TPSA) is 65.5 Å². The second-order valence-electron chi connectivity index (χ2n) is 3.79. The van der Waals surface area contributed by atoms with Crippen LogP contribution in [0, 0.1) is 0 Å². The van der Waals surface area contributed by atoms with Crippen molar-refractivity contribution in [2.45, 2.75) is 6.42 Å². The fourth-order valence-corrected chi connectivity index (χ4v) is 1.34. The highest BCUT2D eigenvalue weighted by Gasteiger charge is 2.09. The smallest absolute Gasteiger partial charge is 0.356 e. The molecule has 0 aliphatic carbocycles. The van der Waals surface area contributed by atoms with E-state index in [0.29, 0.717) is 5.69 Å². The van der Waals surface area contributed by atoms with E-state index in [-0.39, 0.29) is 5.69 Å². The van der Waals surface area contributed by atoms with Crippen LogP contribution in [0.3, 0.4) is 0 Å². The van der Waals surface area contributed by atoms with Crippen LogP contribution in [-0.2, 0) is 0 Å². The number of pyridine rings is 1. The first-order valence-corrected chi connectivity index (χ1v) is 5.18. The maximum absolute atomic E-state index is 10.9. The molecule has 0 spiro atoms. The van der Waals surface area contributed by atoms with Crippen LogP contribution in [0.15, 0.2) is 18.3 Å². The first-order chi connectivity index (χ1) is 7.61. The van der Waals surface area contributed by atoms with E-state index in [1.807, 2.05) is 14.1 Å². The van der Waals surface area contributed by atoms with Crippen LogP contribution in [0.1, 0.15) is 16.9 Å². The molecule has 5 heteroatoms. The molecule has 1 aromatic heterocycles. The molecule has 1 aromatic rings. The van der Waals surface area contributed by atoms with E-state index < -0.39 is 5.97 Å². The number of nitrogens with zero attached hydrogens (tertiary/aromatic N) is 2. The third-order valence-corrected chi connectivity index (χ3v) is 2.11. The quantitative estimate of drug-likeness (QED) is 0.708. The van der Waals surface area contributed by atoms with Crippen molar-refractivity contribution in [2.24, 2.45) is 0 Å². The molecule has 16 heavy (non-hydrogen) atoms. The predicted octanol–water partition coefficient (Wildman–Crippen LogP) is 1.14. The van der Waals surface area contributed by atoms with Crippen LogP contribution in [-0.4, -0.2) is 48.1 Å². The molecule has 0 saturated carbocycles. The molecule has 1 heterocycles. The molecule has 0 atom stereocenters. The molecule has 0 saturated heterocycles. The Morgan fingerprint density at radius 3 is 2.94 bits per heavy atom. The van der Waals surface area contributed by atoms with Crippen molar-refractivity contribution in [2.75, 3.05) is 32.5 Å². The van der Waals surface area contributed by atoms with Gasteiger partial charge in [-0.15, -0.1) is 0 Å². The summed E-state index contributed by atoms with van der Waals surface area (Å²) in [5.74, 6) is -1.00. The largest absolute Gasteiger partial charge is 0.476 e. The number of nitrogens with one attached hydrogen (secondary N) is 1. The Morgan fingerprint density at radius 1 is 1.56 bits per heavy atom. The molecule has 88 valence electrons. The highest BCUT2D eigenvalue weighted by atomic mass is 16.4. The van der Waals surface area contributed by atoms with Crippen molar-refractivity contribution in [1.29, 1.82) is 0 Å². The predicted molar refractivity (Wildman–Crippen MR) is 62.9 cm³/mol. The lowest BCUT2D eigenvalue weighted by atomic mass is 10.3. The van der Waals surface area contributed by atoms with Crippen LogP contribution in [0.25, 0.3) is 0 Å². The number of aromatic nitrogens is 1. The van der Waals surface area contributed by atoms with Crippen LogP contribution in [0.4, 0.5) is 5.69 Å². The highest BCUT2D eigenvalue weighted by Crippen LogP contribution is 2.11. The monoisotopic (exact) mass is 223 g/mol. The Labute approximate surface area is 95.1 Å². The van der Waals surface area contributed by atoms with Gasteiger partial charge in [0, 0.05) is 12.7 Å². The SMILES string of the molecule is CN(C)CCCNc1cccnc1C(=O)O. The van der Waals surface area contributed by atoms with Crippen LogP contribution in [0.2, 0.25) is 0 Å². The number of carboxylic acid groups (broad SMARTS) is 1. The van der Waals surface area contributed by atoms with Crippen molar-refractivity contribution in [1.82, 2.24) is 9.88 Å². The average Bonchev–Trinajstić information content (AvgIpc) is 2.24. The van der Waals surface area contributed by atoms with E-state index in [1.165, 1.54) is 6.20 Å². The Bertz CT molecular complexity index is 353.